The van der Waals surface area contributed by atoms with E-state index >= 15 is 0 Å². The Kier molecular flexibility index (Phi) is 7.40. The molecule has 2 aromatic heterocycles. The Morgan fingerprint density at radius 2 is 1.97 bits per heavy atom. The molecular weight excluding hydrogens is 497 g/mol. The number of amides is 1. The number of nitrogens with one attached hydrogen (secondary N) is 1. The largest absolute Gasteiger partial charge is 0.486 e. The molecule has 37 heavy (non-hydrogen) atoms. The fourth-order valence-electron chi connectivity index (χ4n) is 4.54. The summed E-state index contributed by atoms with van der Waals surface area (Å²) >= 11 is 6.10. The standard InChI is InChI=1S/C26H29ClFN7O2/c1-33-8-10-34(11-9-33)7-5-24(36)32-23-15-18(4-6-30-23)35-12-13-37-25-22(35)16-21(31-26(25)29)19-14-17(27)2-3-20(19)28/h2-4,6,14-16H,5,7-13H2,1H3,(H2,29,31)(H,30,32,36). The predicted molar refractivity (Wildman–Crippen MR) is 143 cm³/mol. The van der Waals surface area contributed by atoms with Crippen molar-refractivity contribution in [3.63, 3.8) is 0 Å². The number of anilines is 4. The van der Waals surface area contributed by atoms with E-state index in [2.05, 4.69) is 32.1 Å². The molecule has 3 N–H and O–H groups in total. The van der Waals surface area contributed by atoms with Crippen molar-refractivity contribution in [3.8, 4) is 17.0 Å². The summed E-state index contributed by atoms with van der Waals surface area (Å²) in [7, 11) is 2.11. The summed E-state index contributed by atoms with van der Waals surface area (Å²) in [5, 5.41) is 3.30. The van der Waals surface area contributed by atoms with Gasteiger partial charge in [-0.25, -0.2) is 14.4 Å². The molecule has 194 valence electrons. The second kappa shape index (κ2) is 10.9. The van der Waals surface area contributed by atoms with Crippen LogP contribution in [0.2, 0.25) is 5.02 Å². The van der Waals surface area contributed by atoms with E-state index in [-0.39, 0.29) is 17.3 Å². The van der Waals surface area contributed by atoms with Crippen molar-refractivity contribution < 1.29 is 13.9 Å². The molecule has 2 aliphatic heterocycles. The maximum atomic E-state index is 14.6. The fraction of sp³-hybridized carbons (Fsp3) is 0.346. The minimum absolute atomic E-state index is 0.0851. The molecule has 4 heterocycles. The Labute approximate surface area is 220 Å². The van der Waals surface area contributed by atoms with Crippen molar-refractivity contribution in [1.29, 1.82) is 0 Å². The highest BCUT2D eigenvalue weighted by Gasteiger charge is 2.25. The molecule has 0 aliphatic carbocycles. The molecule has 2 aliphatic rings. The number of carbonyl (C=O) groups excluding carboxylic acids is 1. The number of hydrogen-bond donors (Lipinski definition) is 2. The van der Waals surface area contributed by atoms with Gasteiger partial charge in [0, 0.05) is 67.7 Å². The van der Waals surface area contributed by atoms with E-state index in [0.717, 1.165) is 31.9 Å². The zero-order valence-electron chi connectivity index (χ0n) is 20.6. The number of benzene rings is 1. The molecule has 9 nitrogen and oxygen atoms in total. The third kappa shape index (κ3) is 5.76. The monoisotopic (exact) mass is 525 g/mol. The van der Waals surface area contributed by atoms with E-state index in [1.807, 2.05) is 11.0 Å². The Morgan fingerprint density at radius 1 is 1.16 bits per heavy atom. The molecule has 0 saturated carbocycles. The van der Waals surface area contributed by atoms with Crippen LogP contribution in [-0.2, 0) is 4.79 Å². The van der Waals surface area contributed by atoms with Crippen molar-refractivity contribution in [1.82, 2.24) is 19.8 Å². The number of aromatic nitrogens is 2. The van der Waals surface area contributed by atoms with Crippen LogP contribution in [0.1, 0.15) is 6.42 Å². The first-order valence-corrected chi connectivity index (χ1v) is 12.6. The molecule has 1 amide bonds. The lowest BCUT2D eigenvalue weighted by Gasteiger charge is -2.32. The number of fused-ring (bicyclic) bond motifs is 1. The SMILES string of the molecule is CN1CCN(CCC(=O)Nc2cc(N3CCOc4c3cc(-c3cc(Cl)ccc3F)nc4N)ccn2)CC1. The first kappa shape index (κ1) is 25.2. The van der Waals surface area contributed by atoms with Crippen molar-refractivity contribution >= 4 is 40.5 Å². The van der Waals surface area contributed by atoms with E-state index < -0.39 is 5.82 Å². The molecule has 0 bridgehead atoms. The van der Waals surface area contributed by atoms with Gasteiger partial charge in [0.1, 0.15) is 18.2 Å². The summed E-state index contributed by atoms with van der Waals surface area (Å²) in [4.78, 5) is 27.9. The lowest BCUT2D eigenvalue weighted by molar-refractivity contribution is -0.116. The van der Waals surface area contributed by atoms with Crippen LogP contribution in [0.5, 0.6) is 5.75 Å². The molecule has 11 heteroatoms. The maximum absolute atomic E-state index is 14.6. The Bertz CT molecular complexity index is 1300. The molecule has 1 saturated heterocycles. The van der Waals surface area contributed by atoms with Crippen LogP contribution in [0.15, 0.2) is 42.6 Å². The van der Waals surface area contributed by atoms with Crippen molar-refractivity contribution in [2.75, 3.05) is 68.9 Å². The zero-order chi connectivity index (χ0) is 25.9. The smallest absolute Gasteiger partial charge is 0.226 e. The summed E-state index contributed by atoms with van der Waals surface area (Å²) < 4.78 is 20.4. The number of pyridine rings is 2. The van der Waals surface area contributed by atoms with Crippen molar-refractivity contribution in [3.05, 3.63) is 53.4 Å². The summed E-state index contributed by atoms with van der Waals surface area (Å²) in [6.45, 7) is 5.58. The number of nitrogens with two attached hydrogens (primary N) is 1. The van der Waals surface area contributed by atoms with Gasteiger partial charge in [0.15, 0.2) is 11.6 Å². The number of hydrogen-bond acceptors (Lipinski definition) is 8. The van der Waals surface area contributed by atoms with Gasteiger partial charge >= 0.3 is 0 Å². The van der Waals surface area contributed by atoms with E-state index in [0.29, 0.717) is 54.1 Å². The molecule has 0 spiro atoms. The second-order valence-corrected chi connectivity index (χ2v) is 9.64. The molecule has 0 atom stereocenters. The topological polar surface area (TPSA) is 99.8 Å². The van der Waals surface area contributed by atoms with Gasteiger partial charge in [-0.1, -0.05) is 11.6 Å². The number of likely N-dealkylation sites (N-methyl/N-ethyl adjacent to an activating group) is 1. The quantitative estimate of drug-likeness (QED) is 0.503. The average molecular weight is 526 g/mol. The highest BCUT2D eigenvalue weighted by molar-refractivity contribution is 6.30. The van der Waals surface area contributed by atoms with Gasteiger partial charge in [-0.2, -0.15) is 0 Å². The van der Waals surface area contributed by atoms with Crippen LogP contribution in [0, 0.1) is 5.82 Å². The third-order valence-corrected chi connectivity index (χ3v) is 6.84. The molecule has 0 unspecified atom stereocenters. The average Bonchev–Trinajstić information content (AvgIpc) is 2.89. The van der Waals surface area contributed by atoms with Gasteiger partial charge in [0.05, 0.1) is 17.9 Å². The lowest BCUT2D eigenvalue weighted by Crippen LogP contribution is -2.45. The number of nitrogen functional groups attached to an aromatic ring is 1. The maximum Gasteiger partial charge on any atom is 0.226 e. The van der Waals surface area contributed by atoms with Gasteiger partial charge in [-0.05, 0) is 37.4 Å². The summed E-state index contributed by atoms with van der Waals surface area (Å²) in [6, 6.07) is 9.67. The van der Waals surface area contributed by atoms with Crippen LogP contribution < -0.4 is 20.7 Å². The van der Waals surface area contributed by atoms with E-state index in [4.69, 9.17) is 22.1 Å². The predicted octanol–water partition coefficient (Wildman–Crippen LogP) is 3.62. The normalized spacial score (nSPS) is 16.2. The second-order valence-electron chi connectivity index (χ2n) is 9.21. The van der Waals surface area contributed by atoms with Gasteiger partial charge in [0.2, 0.25) is 5.91 Å². The molecule has 5 rings (SSSR count). The lowest BCUT2D eigenvalue weighted by atomic mass is 10.1. The summed E-state index contributed by atoms with van der Waals surface area (Å²) in [5.41, 5.74) is 8.24. The van der Waals surface area contributed by atoms with Crippen LogP contribution in [-0.4, -0.2) is 78.6 Å². The number of nitrogens with zero attached hydrogens (tertiary/aromatic N) is 5. The molecule has 1 aromatic carbocycles. The Hall–Kier alpha value is -3.47. The van der Waals surface area contributed by atoms with E-state index in [1.165, 1.54) is 18.2 Å². The molecule has 1 fully saturated rings. The molecule has 3 aromatic rings. The summed E-state index contributed by atoms with van der Waals surface area (Å²) in [6.07, 6.45) is 2.04. The highest BCUT2D eigenvalue weighted by Crippen LogP contribution is 2.42. The number of piperazine rings is 1. The first-order chi connectivity index (χ1) is 17.9. The van der Waals surface area contributed by atoms with Gasteiger partial charge in [-0.3, -0.25) is 4.79 Å². The molecular formula is C26H29ClFN7O2. The fourth-order valence-corrected chi connectivity index (χ4v) is 4.71. The number of carbonyl (C=O) groups is 1. The van der Waals surface area contributed by atoms with Crippen LogP contribution >= 0.6 is 11.6 Å². The van der Waals surface area contributed by atoms with E-state index in [9.17, 15) is 9.18 Å². The Balaban J connectivity index is 1.35. The van der Waals surface area contributed by atoms with Crippen molar-refractivity contribution in [2.24, 2.45) is 0 Å². The highest BCUT2D eigenvalue weighted by atomic mass is 35.5. The third-order valence-electron chi connectivity index (χ3n) is 6.61. The minimum atomic E-state index is -0.454. The number of halogens is 2. The van der Waals surface area contributed by atoms with Crippen LogP contribution in [0.25, 0.3) is 11.3 Å². The van der Waals surface area contributed by atoms with Crippen LogP contribution in [0.3, 0.4) is 0 Å². The minimum Gasteiger partial charge on any atom is -0.486 e. The molecule has 0 radical (unpaired) electrons. The van der Waals surface area contributed by atoms with Crippen molar-refractivity contribution in [2.45, 2.75) is 6.42 Å². The summed E-state index contributed by atoms with van der Waals surface area (Å²) in [5.74, 6) is 0.496. The van der Waals surface area contributed by atoms with Gasteiger partial charge in [0.25, 0.3) is 0 Å². The van der Waals surface area contributed by atoms with Gasteiger partial charge < -0.3 is 30.5 Å². The Morgan fingerprint density at radius 3 is 2.78 bits per heavy atom. The first-order valence-electron chi connectivity index (χ1n) is 12.2. The van der Waals surface area contributed by atoms with Gasteiger partial charge in [-0.15, -0.1) is 0 Å². The number of rotatable bonds is 6. The van der Waals surface area contributed by atoms with E-state index in [1.54, 1.807) is 18.3 Å². The number of ether oxygens (including phenoxy) is 1. The van der Waals surface area contributed by atoms with Crippen LogP contribution in [0.4, 0.5) is 27.4 Å². The zero-order valence-corrected chi connectivity index (χ0v) is 21.3.